The van der Waals surface area contributed by atoms with E-state index < -0.39 is 46.3 Å². The molecule has 43 heavy (non-hydrogen) atoms. The van der Waals surface area contributed by atoms with E-state index in [1.807, 2.05) is 13.8 Å². The summed E-state index contributed by atoms with van der Waals surface area (Å²) in [6, 6.07) is 10.1. The van der Waals surface area contributed by atoms with Crippen LogP contribution in [0.5, 0.6) is 5.75 Å². The van der Waals surface area contributed by atoms with Crippen LogP contribution in [0, 0.1) is 24.5 Å². The molecule has 0 saturated carbocycles. The van der Waals surface area contributed by atoms with Crippen molar-refractivity contribution in [2.75, 3.05) is 19.8 Å². The minimum Gasteiger partial charge on any atom is -0.507 e. The number of hydrogen-bond acceptors (Lipinski definition) is 4. The van der Waals surface area contributed by atoms with Crippen molar-refractivity contribution in [3.8, 4) is 22.6 Å². The summed E-state index contributed by atoms with van der Waals surface area (Å²) < 4.78 is 46.5. The third-order valence-electron chi connectivity index (χ3n) is 7.73. The fourth-order valence-electron chi connectivity index (χ4n) is 5.65. The van der Waals surface area contributed by atoms with Crippen LogP contribution in [-0.2, 0) is 11.3 Å². The van der Waals surface area contributed by atoms with Crippen molar-refractivity contribution >= 4 is 28.5 Å². The molecule has 1 aromatic heterocycles. The highest BCUT2D eigenvalue weighted by atomic mass is 35.5. The molecule has 1 fully saturated rings. The lowest BCUT2D eigenvalue weighted by molar-refractivity contribution is -0.132. The van der Waals surface area contributed by atoms with Crippen LogP contribution in [0.4, 0.5) is 13.2 Å². The average Bonchev–Trinajstić information content (AvgIpc) is 2.93. The number of benzene rings is 3. The number of carbonyl (C=O) groups excluding carboxylic acids is 1. The molecule has 1 amide bonds. The van der Waals surface area contributed by atoms with E-state index in [1.54, 1.807) is 25.1 Å². The van der Waals surface area contributed by atoms with Gasteiger partial charge in [0, 0.05) is 37.2 Å². The number of aryl methyl sites for hydroxylation is 1. The molecule has 3 aromatic carbocycles. The fraction of sp³-hybridized carbons (Fsp3) is 0.281. The third kappa shape index (κ3) is 5.24. The number of phenols is 1. The average molecular weight is 612 g/mol. The highest BCUT2D eigenvalue weighted by Gasteiger charge is 2.32. The van der Waals surface area contributed by atoms with E-state index in [9.17, 15) is 23.9 Å². The van der Waals surface area contributed by atoms with Crippen LogP contribution in [0.3, 0.4) is 0 Å². The number of likely N-dealkylation sites (tertiary alicyclic amines) is 1. The molecule has 5 rings (SSSR count). The number of halogens is 4. The molecule has 224 valence electrons. The van der Waals surface area contributed by atoms with Crippen LogP contribution < -0.4 is 11.1 Å². The van der Waals surface area contributed by atoms with E-state index in [1.165, 1.54) is 23.1 Å². The molecular formula is C32H29ClF3N3O4. The summed E-state index contributed by atoms with van der Waals surface area (Å²) in [7, 11) is 0. The maximum Gasteiger partial charge on any atom is 0.321 e. The molecule has 0 radical (unpaired) electrons. The normalized spacial score (nSPS) is 13.8. The number of fused-ring (bicyclic) bond motifs is 1. The van der Waals surface area contributed by atoms with Gasteiger partial charge in [-0.25, -0.2) is 13.2 Å². The SMILES string of the molecule is Cc1cccc(C(C)C)c1-n1c(=O)c(=O)n(CC2CN(C(=O)/C=C/CF)C2)c2cc(Cl)c(-c3c(O)cccc3F)c(F)c21. The first-order valence-corrected chi connectivity index (χ1v) is 14.1. The lowest BCUT2D eigenvalue weighted by Crippen LogP contribution is -2.52. The van der Waals surface area contributed by atoms with Crippen LogP contribution in [0.15, 0.2) is 64.2 Å². The van der Waals surface area contributed by atoms with Crippen molar-refractivity contribution in [2.24, 2.45) is 5.92 Å². The minimum absolute atomic E-state index is 0.00765. The Morgan fingerprint density at radius 2 is 1.79 bits per heavy atom. The van der Waals surface area contributed by atoms with Gasteiger partial charge in [0.1, 0.15) is 23.8 Å². The Bertz CT molecular complexity index is 1890. The van der Waals surface area contributed by atoms with Gasteiger partial charge in [-0.3, -0.25) is 19.0 Å². The molecule has 0 atom stereocenters. The van der Waals surface area contributed by atoms with Crippen molar-refractivity contribution in [3.63, 3.8) is 0 Å². The summed E-state index contributed by atoms with van der Waals surface area (Å²) in [6.07, 6.45) is 2.22. The van der Waals surface area contributed by atoms with Crippen LogP contribution in [0.2, 0.25) is 5.02 Å². The molecule has 0 spiro atoms. The standard InChI is InChI=1S/C32H29ClF3N3O4/c1-17(2)20-8-4-7-18(3)29(20)39-30-23(13-21(33)26(28(30)36)27-22(35)9-5-10-24(27)40)38(31(42)32(39)43)16-19-14-37(15-19)25(41)11-6-12-34/h4-11,13,17,19,40H,12,14-16H2,1-3H3/b11-6+. The number of amides is 1. The minimum atomic E-state index is -1.09. The Labute approximate surface area is 250 Å². The lowest BCUT2D eigenvalue weighted by Gasteiger charge is -2.39. The maximum absolute atomic E-state index is 16.9. The summed E-state index contributed by atoms with van der Waals surface area (Å²) in [5, 5.41) is 10.2. The number of alkyl halides is 1. The number of aromatic hydroxyl groups is 1. The van der Waals surface area contributed by atoms with E-state index in [0.29, 0.717) is 16.8 Å². The van der Waals surface area contributed by atoms with Gasteiger partial charge < -0.3 is 14.6 Å². The third-order valence-corrected chi connectivity index (χ3v) is 8.03. The molecule has 0 aliphatic carbocycles. The van der Waals surface area contributed by atoms with Gasteiger partial charge in [0.25, 0.3) is 0 Å². The topological polar surface area (TPSA) is 84.5 Å². The molecule has 7 nitrogen and oxygen atoms in total. The lowest BCUT2D eigenvalue weighted by atomic mass is 9.96. The van der Waals surface area contributed by atoms with Crippen LogP contribution in [0.1, 0.15) is 30.9 Å². The second-order valence-electron chi connectivity index (χ2n) is 10.9. The molecular weight excluding hydrogens is 583 g/mol. The largest absolute Gasteiger partial charge is 0.507 e. The number of nitrogens with zero attached hydrogens (tertiary/aromatic N) is 3. The number of para-hydroxylation sites is 1. The zero-order valence-electron chi connectivity index (χ0n) is 23.7. The molecule has 0 unspecified atom stereocenters. The van der Waals surface area contributed by atoms with Crippen molar-refractivity contribution in [1.29, 1.82) is 0 Å². The highest BCUT2D eigenvalue weighted by Crippen LogP contribution is 2.41. The predicted octanol–water partition coefficient (Wildman–Crippen LogP) is 5.87. The predicted molar refractivity (Wildman–Crippen MR) is 160 cm³/mol. The Hall–Kier alpha value is -4.31. The Morgan fingerprint density at radius 1 is 1.09 bits per heavy atom. The van der Waals surface area contributed by atoms with Crippen molar-refractivity contribution < 1.29 is 23.1 Å². The molecule has 4 aromatic rings. The fourth-order valence-corrected chi connectivity index (χ4v) is 5.93. The molecule has 11 heteroatoms. The molecule has 1 N–H and O–H groups in total. The number of aromatic nitrogens is 2. The zero-order chi connectivity index (χ0) is 31.2. The van der Waals surface area contributed by atoms with Gasteiger partial charge in [0.2, 0.25) is 5.91 Å². The number of rotatable bonds is 7. The monoisotopic (exact) mass is 611 g/mol. The molecule has 0 bridgehead atoms. The van der Waals surface area contributed by atoms with E-state index in [2.05, 4.69) is 0 Å². The summed E-state index contributed by atoms with van der Waals surface area (Å²) in [5.74, 6) is -3.33. The smallest absolute Gasteiger partial charge is 0.321 e. The summed E-state index contributed by atoms with van der Waals surface area (Å²) in [6.45, 7) is 5.19. The Morgan fingerprint density at radius 3 is 2.44 bits per heavy atom. The van der Waals surface area contributed by atoms with Crippen LogP contribution in [-0.4, -0.2) is 44.8 Å². The number of carbonyl (C=O) groups is 1. The van der Waals surface area contributed by atoms with Gasteiger partial charge in [0.15, 0.2) is 5.82 Å². The first kappa shape index (κ1) is 30.2. The zero-order valence-corrected chi connectivity index (χ0v) is 24.5. The van der Waals surface area contributed by atoms with Gasteiger partial charge >= 0.3 is 11.1 Å². The second-order valence-corrected chi connectivity index (χ2v) is 11.3. The van der Waals surface area contributed by atoms with Crippen molar-refractivity contribution in [3.05, 3.63) is 103 Å². The van der Waals surface area contributed by atoms with Crippen LogP contribution in [0.25, 0.3) is 27.8 Å². The second kappa shape index (κ2) is 11.8. The maximum atomic E-state index is 16.9. The van der Waals surface area contributed by atoms with Gasteiger partial charge in [-0.1, -0.05) is 49.7 Å². The summed E-state index contributed by atoms with van der Waals surface area (Å²) >= 11 is 6.55. The molecule has 1 saturated heterocycles. The Balaban J connectivity index is 1.80. The van der Waals surface area contributed by atoms with Gasteiger partial charge in [-0.2, -0.15) is 0 Å². The summed E-state index contributed by atoms with van der Waals surface area (Å²) in [5.41, 5.74) is -1.59. The molecule has 1 aliphatic heterocycles. The Kier molecular flexibility index (Phi) is 8.25. The summed E-state index contributed by atoms with van der Waals surface area (Å²) in [4.78, 5) is 41.3. The number of phenolic OH excluding ortho intramolecular Hbond substituents is 1. The highest BCUT2D eigenvalue weighted by molar-refractivity contribution is 6.34. The van der Waals surface area contributed by atoms with Crippen molar-refractivity contribution in [2.45, 2.75) is 33.2 Å². The van der Waals surface area contributed by atoms with Gasteiger partial charge in [-0.15, -0.1) is 0 Å². The van der Waals surface area contributed by atoms with E-state index in [-0.39, 0.29) is 53.4 Å². The van der Waals surface area contributed by atoms with E-state index in [4.69, 9.17) is 11.6 Å². The van der Waals surface area contributed by atoms with Gasteiger partial charge in [-0.05, 0) is 48.2 Å². The number of hydrogen-bond donors (Lipinski definition) is 1. The number of allylic oxidation sites excluding steroid dienone is 1. The quantitative estimate of drug-likeness (QED) is 0.209. The molecule has 1 aliphatic rings. The van der Waals surface area contributed by atoms with Crippen molar-refractivity contribution in [1.82, 2.24) is 14.0 Å². The molecule has 2 heterocycles. The van der Waals surface area contributed by atoms with Gasteiger partial charge in [0.05, 0.1) is 21.8 Å². The van der Waals surface area contributed by atoms with E-state index in [0.717, 1.165) is 27.4 Å². The van der Waals surface area contributed by atoms with Crippen LogP contribution >= 0.6 is 11.6 Å². The first-order chi connectivity index (χ1) is 20.5. The first-order valence-electron chi connectivity index (χ1n) is 13.7. The van der Waals surface area contributed by atoms with E-state index >= 15 is 8.78 Å².